The zero-order valence-corrected chi connectivity index (χ0v) is 15.0. The Morgan fingerprint density at radius 3 is 1.71 bits per heavy atom. The number of hydrogen-bond donors (Lipinski definition) is 2. The fraction of sp³-hybridized carbons (Fsp3) is 0.0500. The van der Waals surface area contributed by atoms with Gasteiger partial charge in [-0.05, 0) is 58.0 Å². The van der Waals surface area contributed by atoms with E-state index in [9.17, 15) is 9.90 Å². The Balaban J connectivity index is 2.02. The molecule has 0 fully saturated rings. The lowest BCUT2D eigenvalue weighted by atomic mass is 9.85. The molecule has 0 heterocycles. The van der Waals surface area contributed by atoms with Gasteiger partial charge in [0.15, 0.2) is 5.60 Å². The summed E-state index contributed by atoms with van der Waals surface area (Å²) in [7, 11) is 0. The highest BCUT2D eigenvalue weighted by atomic mass is 127. The van der Waals surface area contributed by atoms with Crippen molar-refractivity contribution in [3.8, 4) is 0 Å². The van der Waals surface area contributed by atoms with Crippen molar-refractivity contribution in [3.05, 3.63) is 99.6 Å². The summed E-state index contributed by atoms with van der Waals surface area (Å²) < 4.78 is 1.08. The lowest BCUT2D eigenvalue weighted by molar-refractivity contribution is -0.131. The number of benzene rings is 3. The number of amides is 1. The quantitative estimate of drug-likeness (QED) is 0.612. The monoisotopic (exact) mass is 429 g/mol. The molecule has 3 aromatic carbocycles. The Hall–Kier alpha value is -2.18. The normalized spacial score (nSPS) is 11.1. The molecular weight excluding hydrogens is 413 g/mol. The zero-order valence-electron chi connectivity index (χ0n) is 12.8. The summed E-state index contributed by atoms with van der Waals surface area (Å²) in [5.74, 6) is -0.485. The molecule has 120 valence electrons. The van der Waals surface area contributed by atoms with E-state index < -0.39 is 11.5 Å². The van der Waals surface area contributed by atoms with Crippen LogP contribution in [0.1, 0.15) is 11.1 Å². The van der Waals surface area contributed by atoms with Gasteiger partial charge in [0, 0.05) is 9.26 Å². The molecule has 0 saturated heterocycles. The van der Waals surface area contributed by atoms with Gasteiger partial charge in [0.05, 0.1) is 0 Å². The second-order valence-electron chi connectivity index (χ2n) is 5.40. The zero-order chi connectivity index (χ0) is 17.0. The summed E-state index contributed by atoms with van der Waals surface area (Å²) in [5, 5.41) is 14.1. The maximum atomic E-state index is 13.0. The number of carbonyl (C=O) groups is 1. The largest absolute Gasteiger partial charge is 0.372 e. The van der Waals surface area contributed by atoms with E-state index >= 15 is 0 Å². The minimum Gasteiger partial charge on any atom is -0.372 e. The average molecular weight is 429 g/mol. The first-order chi connectivity index (χ1) is 11.6. The maximum Gasteiger partial charge on any atom is 0.265 e. The summed E-state index contributed by atoms with van der Waals surface area (Å²) in [6, 6.07) is 25.4. The fourth-order valence-electron chi connectivity index (χ4n) is 2.54. The molecule has 0 saturated carbocycles. The second-order valence-corrected chi connectivity index (χ2v) is 6.65. The van der Waals surface area contributed by atoms with Crippen molar-refractivity contribution in [1.29, 1.82) is 0 Å². The third-order valence-electron chi connectivity index (χ3n) is 3.81. The van der Waals surface area contributed by atoms with Crippen LogP contribution in [0.4, 0.5) is 5.69 Å². The minimum atomic E-state index is -1.76. The summed E-state index contributed by atoms with van der Waals surface area (Å²) in [5.41, 5.74) is -0.0602. The van der Waals surface area contributed by atoms with Gasteiger partial charge >= 0.3 is 0 Å². The lowest BCUT2D eigenvalue weighted by Gasteiger charge is -2.28. The van der Waals surface area contributed by atoms with Crippen LogP contribution < -0.4 is 5.32 Å². The number of aliphatic hydroxyl groups is 1. The highest BCUT2D eigenvalue weighted by molar-refractivity contribution is 14.1. The first-order valence-corrected chi connectivity index (χ1v) is 8.59. The molecule has 3 rings (SSSR count). The topological polar surface area (TPSA) is 49.3 Å². The van der Waals surface area contributed by atoms with Crippen molar-refractivity contribution in [2.45, 2.75) is 5.60 Å². The molecule has 4 heteroatoms. The molecule has 1 amide bonds. The number of nitrogens with one attached hydrogen (secondary N) is 1. The van der Waals surface area contributed by atoms with E-state index in [0.29, 0.717) is 16.8 Å². The lowest BCUT2D eigenvalue weighted by Crippen LogP contribution is -2.41. The van der Waals surface area contributed by atoms with E-state index in [1.807, 2.05) is 36.4 Å². The van der Waals surface area contributed by atoms with Gasteiger partial charge in [-0.3, -0.25) is 4.79 Å². The molecule has 2 N–H and O–H groups in total. The van der Waals surface area contributed by atoms with E-state index in [-0.39, 0.29) is 0 Å². The van der Waals surface area contributed by atoms with Crippen molar-refractivity contribution >= 4 is 34.2 Å². The van der Waals surface area contributed by atoms with Crippen LogP contribution in [-0.2, 0) is 10.4 Å². The van der Waals surface area contributed by atoms with E-state index in [1.165, 1.54) is 0 Å². The molecule has 0 aromatic heterocycles. The van der Waals surface area contributed by atoms with Crippen LogP contribution in [0.25, 0.3) is 0 Å². The van der Waals surface area contributed by atoms with Gasteiger partial charge in [0.1, 0.15) is 0 Å². The molecular formula is C20H16INO2. The molecule has 3 nitrogen and oxygen atoms in total. The van der Waals surface area contributed by atoms with Gasteiger partial charge in [-0.15, -0.1) is 0 Å². The fourth-order valence-corrected chi connectivity index (χ4v) is 2.90. The Bertz CT molecular complexity index is 778. The van der Waals surface area contributed by atoms with Gasteiger partial charge in [0.2, 0.25) is 0 Å². The van der Waals surface area contributed by atoms with E-state index in [4.69, 9.17) is 0 Å². The number of rotatable bonds is 4. The second kappa shape index (κ2) is 7.15. The van der Waals surface area contributed by atoms with Crippen LogP contribution in [0.15, 0.2) is 84.9 Å². The van der Waals surface area contributed by atoms with Gasteiger partial charge in [-0.2, -0.15) is 0 Å². The average Bonchev–Trinajstić information content (AvgIpc) is 2.64. The Morgan fingerprint density at radius 1 is 0.792 bits per heavy atom. The number of halogens is 1. The molecule has 0 bridgehead atoms. The molecule has 3 aromatic rings. The van der Waals surface area contributed by atoms with Crippen molar-refractivity contribution < 1.29 is 9.90 Å². The maximum absolute atomic E-state index is 13.0. The summed E-state index contributed by atoms with van der Waals surface area (Å²) >= 11 is 2.20. The van der Waals surface area contributed by atoms with Crippen LogP contribution in [-0.4, -0.2) is 11.0 Å². The van der Waals surface area contributed by atoms with Gasteiger partial charge in [-0.25, -0.2) is 0 Å². The van der Waals surface area contributed by atoms with Crippen LogP contribution in [0, 0.1) is 3.57 Å². The van der Waals surface area contributed by atoms with Crippen LogP contribution in [0.3, 0.4) is 0 Å². The predicted molar refractivity (Wildman–Crippen MR) is 104 cm³/mol. The third-order valence-corrected chi connectivity index (χ3v) is 4.53. The number of hydrogen-bond acceptors (Lipinski definition) is 2. The Kier molecular flexibility index (Phi) is 4.97. The molecule has 0 atom stereocenters. The number of anilines is 1. The summed E-state index contributed by atoms with van der Waals surface area (Å²) in [6.45, 7) is 0. The van der Waals surface area contributed by atoms with Crippen LogP contribution in [0.2, 0.25) is 0 Å². The van der Waals surface area contributed by atoms with Crippen LogP contribution >= 0.6 is 22.6 Å². The van der Waals surface area contributed by atoms with Crippen LogP contribution in [0.5, 0.6) is 0 Å². The molecule has 0 spiro atoms. The molecule has 24 heavy (non-hydrogen) atoms. The van der Waals surface area contributed by atoms with Crippen molar-refractivity contribution in [3.63, 3.8) is 0 Å². The van der Waals surface area contributed by atoms with Crippen molar-refractivity contribution in [2.24, 2.45) is 0 Å². The Morgan fingerprint density at radius 2 is 1.25 bits per heavy atom. The van der Waals surface area contributed by atoms with E-state index in [2.05, 4.69) is 27.9 Å². The molecule has 0 aliphatic carbocycles. The SMILES string of the molecule is O=C(Nc1ccc(I)cc1)C(O)(c1ccccc1)c1ccccc1. The van der Waals surface area contributed by atoms with E-state index in [1.54, 1.807) is 48.5 Å². The first kappa shape index (κ1) is 16.7. The first-order valence-electron chi connectivity index (χ1n) is 7.51. The standard InChI is InChI=1S/C20H16INO2/c21-17-11-13-18(14-12-17)22-19(23)20(24,15-7-3-1-4-8-15)16-9-5-2-6-10-16/h1-14,24H,(H,22,23). The Labute approximate surface area is 154 Å². The molecule has 0 radical (unpaired) electrons. The molecule has 0 aliphatic heterocycles. The smallest absolute Gasteiger partial charge is 0.265 e. The van der Waals surface area contributed by atoms with Gasteiger partial charge < -0.3 is 10.4 Å². The summed E-state index contributed by atoms with van der Waals surface area (Å²) in [4.78, 5) is 13.0. The highest BCUT2D eigenvalue weighted by Gasteiger charge is 2.39. The van der Waals surface area contributed by atoms with E-state index in [0.717, 1.165) is 3.57 Å². The van der Waals surface area contributed by atoms with Gasteiger partial charge in [0.25, 0.3) is 5.91 Å². The highest BCUT2D eigenvalue weighted by Crippen LogP contribution is 2.31. The third kappa shape index (κ3) is 3.34. The van der Waals surface area contributed by atoms with Crippen molar-refractivity contribution in [1.82, 2.24) is 0 Å². The van der Waals surface area contributed by atoms with Gasteiger partial charge in [-0.1, -0.05) is 60.7 Å². The molecule has 0 unspecified atom stereocenters. The molecule has 0 aliphatic rings. The van der Waals surface area contributed by atoms with Crippen molar-refractivity contribution in [2.75, 3.05) is 5.32 Å². The minimum absolute atomic E-state index is 0.485. The summed E-state index contributed by atoms with van der Waals surface area (Å²) in [6.07, 6.45) is 0. The predicted octanol–water partition coefficient (Wildman–Crippen LogP) is 4.17. The number of carbonyl (C=O) groups excluding carboxylic acids is 1.